The third-order valence-corrected chi connectivity index (χ3v) is 5.53. The number of rotatable bonds is 1. The highest BCUT2D eigenvalue weighted by Crippen LogP contribution is 2.41. The number of hydrogen-bond acceptors (Lipinski definition) is 5. The van der Waals surface area contributed by atoms with Gasteiger partial charge in [-0.3, -0.25) is 4.99 Å². The molecule has 4 nitrogen and oxygen atoms in total. The molecule has 22 heavy (non-hydrogen) atoms. The minimum Gasteiger partial charge on any atom is -0.379 e. The molecule has 5 heteroatoms. The van der Waals surface area contributed by atoms with Gasteiger partial charge < -0.3 is 5.73 Å². The van der Waals surface area contributed by atoms with Gasteiger partial charge in [0.05, 0.1) is 6.04 Å². The minimum absolute atomic E-state index is 0.211. The molecule has 2 N–H and O–H groups in total. The Morgan fingerprint density at radius 1 is 1.14 bits per heavy atom. The molecule has 0 saturated heterocycles. The first kappa shape index (κ1) is 13.8. The second-order valence-electron chi connectivity index (χ2n) is 5.92. The summed E-state index contributed by atoms with van der Waals surface area (Å²) in [6.07, 6.45) is 8.87. The first-order valence-electron chi connectivity index (χ1n) is 7.65. The number of amidine groups is 1. The number of thioether (sulfide) groups is 1. The summed E-state index contributed by atoms with van der Waals surface area (Å²) in [7, 11) is 0. The van der Waals surface area contributed by atoms with Crippen molar-refractivity contribution in [2.45, 2.75) is 25.3 Å². The zero-order valence-electron chi connectivity index (χ0n) is 12.3. The van der Waals surface area contributed by atoms with Crippen molar-refractivity contribution >= 4 is 16.9 Å². The van der Waals surface area contributed by atoms with Crippen molar-refractivity contribution in [3.8, 4) is 11.1 Å². The summed E-state index contributed by atoms with van der Waals surface area (Å²) in [5, 5.41) is 0.725. The minimum atomic E-state index is 0.211. The number of aromatic nitrogens is 2. The molecule has 0 fully saturated rings. The van der Waals surface area contributed by atoms with Gasteiger partial charge in [-0.15, -0.1) is 0 Å². The van der Waals surface area contributed by atoms with E-state index in [0.717, 1.165) is 28.5 Å². The largest absolute Gasteiger partial charge is 0.379 e. The molecule has 4 rings (SSSR count). The van der Waals surface area contributed by atoms with E-state index in [2.05, 4.69) is 28.2 Å². The molecule has 2 aliphatic rings. The van der Waals surface area contributed by atoms with Crippen LogP contribution in [0.2, 0.25) is 0 Å². The lowest BCUT2D eigenvalue weighted by Gasteiger charge is -2.27. The van der Waals surface area contributed by atoms with Crippen LogP contribution in [0.4, 0.5) is 0 Å². The van der Waals surface area contributed by atoms with Gasteiger partial charge in [-0.25, -0.2) is 9.97 Å². The average molecular weight is 310 g/mol. The molecule has 2 atom stereocenters. The summed E-state index contributed by atoms with van der Waals surface area (Å²) in [6.45, 7) is 0. The predicted octanol–water partition coefficient (Wildman–Crippen LogP) is 3.20. The maximum atomic E-state index is 5.99. The molecule has 0 unspecified atom stereocenters. The van der Waals surface area contributed by atoms with Crippen molar-refractivity contribution in [3.63, 3.8) is 0 Å². The van der Waals surface area contributed by atoms with E-state index in [-0.39, 0.29) is 6.04 Å². The lowest BCUT2D eigenvalue weighted by molar-refractivity contribution is 0.448. The molecule has 1 aliphatic carbocycles. The van der Waals surface area contributed by atoms with Crippen molar-refractivity contribution in [2.24, 2.45) is 16.6 Å². The van der Waals surface area contributed by atoms with E-state index >= 15 is 0 Å². The molecule has 2 aromatic rings. The van der Waals surface area contributed by atoms with Crippen LogP contribution in [-0.4, -0.2) is 20.9 Å². The summed E-state index contributed by atoms with van der Waals surface area (Å²) >= 11 is 1.70. The van der Waals surface area contributed by atoms with Gasteiger partial charge in [0, 0.05) is 23.7 Å². The van der Waals surface area contributed by atoms with Gasteiger partial charge in [-0.2, -0.15) is 0 Å². The Bertz CT molecular complexity index is 714. The summed E-state index contributed by atoms with van der Waals surface area (Å²) in [6, 6.07) is 6.89. The smallest absolute Gasteiger partial charge is 0.154 e. The van der Waals surface area contributed by atoms with Crippen LogP contribution in [0, 0.1) is 5.92 Å². The van der Waals surface area contributed by atoms with E-state index in [9.17, 15) is 0 Å². The predicted molar refractivity (Wildman–Crippen MR) is 90.7 cm³/mol. The Morgan fingerprint density at radius 3 is 2.86 bits per heavy atom. The first-order chi connectivity index (χ1) is 10.8. The Labute approximate surface area is 134 Å². The summed E-state index contributed by atoms with van der Waals surface area (Å²) in [5.41, 5.74) is 11.0. The fourth-order valence-electron chi connectivity index (χ4n) is 3.41. The fraction of sp³-hybridized carbons (Fsp3) is 0.353. The molecule has 0 amide bonds. The molecule has 0 radical (unpaired) electrons. The topological polar surface area (TPSA) is 64.2 Å². The van der Waals surface area contributed by atoms with Gasteiger partial charge in [0.1, 0.15) is 6.33 Å². The quantitative estimate of drug-likeness (QED) is 0.878. The number of aliphatic imine (C=N–C) groups is 1. The lowest BCUT2D eigenvalue weighted by Crippen LogP contribution is -2.24. The summed E-state index contributed by atoms with van der Waals surface area (Å²) < 4.78 is 0. The molecule has 1 aromatic heterocycles. The van der Waals surface area contributed by atoms with Gasteiger partial charge in [0.25, 0.3) is 0 Å². The van der Waals surface area contributed by atoms with Gasteiger partial charge in [-0.05, 0) is 47.9 Å². The number of benzene rings is 1. The molecule has 0 spiro atoms. The SMILES string of the molecule is NC1=N[C@H]2c3cc(-c4cncnc4)ccc3CCC[C@H]2CS1. The van der Waals surface area contributed by atoms with Crippen LogP contribution in [0.15, 0.2) is 41.9 Å². The van der Waals surface area contributed by atoms with Gasteiger partial charge in [0.2, 0.25) is 0 Å². The van der Waals surface area contributed by atoms with E-state index < -0.39 is 0 Å². The molecule has 112 valence electrons. The molecule has 0 bridgehead atoms. The second kappa shape index (κ2) is 5.72. The number of fused-ring (bicyclic) bond motifs is 3. The number of nitrogens with two attached hydrogens (primary N) is 1. The van der Waals surface area contributed by atoms with Crippen molar-refractivity contribution in [3.05, 3.63) is 48.0 Å². The van der Waals surface area contributed by atoms with Crippen LogP contribution in [0.1, 0.15) is 30.0 Å². The maximum Gasteiger partial charge on any atom is 0.154 e. The van der Waals surface area contributed by atoms with Crippen molar-refractivity contribution in [1.29, 1.82) is 0 Å². The number of nitrogens with zero attached hydrogens (tertiary/aromatic N) is 3. The second-order valence-corrected chi connectivity index (χ2v) is 6.96. The Balaban J connectivity index is 1.81. The third-order valence-electron chi connectivity index (χ3n) is 4.54. The van der Waals surface area contributed by atoms with Crippen molar-refractivity contribution in [1.82, 2.24) is 9.97 Å². The fourth-order valence-corrected chi connectivity index (χ4v) is 4.33. The van der Waals surface area contributed by atoms with Crippen LogP contribution in [-0.2, 0) is 6.42 Å². The van der Waals surface area contributed by atoms with Gasteiger partial charge in [-0.1, -0.05) is 23.9 Å². The van der Waals surface area contributed by atoms with Gasteiger partial charge in [0.15, 0.2) is 5.17 Å². The summed E-state index contributed by atoms with van der Waals surface area (Å²) in [5.74, 6) is 1.68. The van der Waals surface area contributed by atoms with Crippen LogP contribution in [0.25, 0.3) is 11.1 Å². The molecule has 0 saturated carbocycles. The Morgan fingerprint density at radius 2 is 2.00 bits per heavy atom. The monoisotopic (exact) mass is 310 g/mol. The maximum absolute atomic E-state index is 5.99. The third kappa shape index (κ3) is 2.50. The van der Waals surface area contributed by atoms with E-state index in [1.165, 1.54) is 24.0 Å². The normalized spacial score (nSPS) is 23.9. The molecule has 2 heterocycles. The van der Waals surface area contributed by atoms with Crippen LogP contribution < -0.4 is 5.73 Å². The number of hydrogen-bond donors (Lipinski definition) is 1. The van der Waals surface area contributed by atoms with E-state index in [1.807, 2.05) is 12.4 Å². The van der Waals surface area contributed by atoms with Crippen LogP contribution in [0.5, 0.6) is 0 Å². The zero-order chi connectivity index (χ0) is 14.9. The highest BCUT2D eigenvalue weighted by Gasteiger charge is 2.31. The Hall–Kier alpha value is -1.88. The zero-order valence-corrected chi connectivity index (χ0v) is 13.1. The van der Waals surface area contributed by atoms with E-state index in [4.69, 9.17) is 10.7 Å². The molecular formula is C17H18N4S. The standard InChI is InChI=1S/C17H18N4S/c18-17-21-16-13(9-22-17)3-1-2-11-4-5-12(6-15(11)16)14-7-19-10-20-8-14/h4-8,10,13,16H,1-3,9H2,(H2,18,21)/t13-,16+/m0/s1. The molecule has 1 aromatic carbocycles. The van der Waals surface area contributed by atoms with E-state index in [1.54, 1.807) is 18.1 Å². The summed E-state index contributed by atoms with van der Waals surface area (Å²) in [4.78, 5) is 13.0. The van der Waals surface area contributed by atoms with Crippen molar-refractivity contribution in [2.75, 3.05) is 5.75 Å². The highest BCUT2D eigenvalue weighted by atomic mass is 32.2. The number of aryl methyl sites for hydroxylation is 1. The van der Waals surface area contributed by atoms with Gasteiger partial charge >= 0.3 is 0 Å². The molecular weight excluding hydrogens is 292 g/mol. The van der Waals surface area contributed by atoms with Crippen molar-refractivity contribution < 1.29 is 0 Å². The highest BCUT2D eigenvalue weighted by molar-refractivity contribution is 8.13. The Kier molecular flexibility index (Phi) is 3.58. The van der Waals surface area contributed by atoms with Crippen LogP contribution >= 0.6 is 11.8 Å². The lowest BCUT2D eigenvalue weighted by atomic mass is 9.90. The molecule has 1 aliphatic heterocycles. The first-order valence-corrected chi connectivity index (χ1v) is 8.64. The van der Waals surface area contributed by atoms with Crippen LogP contribution in [0.3, 0.4) is 0 Å². The van der Waals surface area contributed by atoms with E-state index in [0.29, 0.717) is 5.92 Å². The average Bonchev–Trinajstić information content (AvgIpc) is 2.74.